The summed E-state index contributed by atoms with van der Waals surface area (Å²) in [5, 5.41) is 7.52. The van der Waals surface area contributed by atoms with E-state index in [9.17, 15) is 4.79 Å². The lowest BCUT2D eigenvalue weighted by Gasteiger charge is -2.11. The first-order chi connectivity index (χ1) is 12.0. The van der Waals surface area contributed by atoms with Gasteiger partial charge in [-0.3, -0.25) is 9.78 Å². The second kappa shape index (κ2) is 7.34. The zero-order valence-electron chi connectivity index (χ0n) is 14.8. The predicted molar refractivity (Wildman–Crippen MR) is 104 cm³/mol. The molecule has 1 heterocycles. The minimum absolute atomic E-state index is 0.0234. The molecule has 0 aliphatic carbocycles. The zero-order chi connectivity index (χ0) is 17.8. The van der Waals surface area contributed by atoms with Crippen LogP contribution in [0.2, 0.25) is 0 Å². The van der Waals surface area contributed by atoms with E-state index in [1.165, 1.54) is 5.56 Å². The number of nitrogens with zero attached hydrogens (tertiary/aromatic N) is 1. The van der Waals surface area contributed by atoms with Crippen molar-refractivity contribution in [2.24, 2.45) is 5.92 Å². The third-order valence-corrected chi connectivity index (χ3v) is 4.13. The van der Waals surface area contributed by atoms with Crippen molar-refractivity contribution in [3.8, 4) is 0 Å². The summed E-state index contributed by atoms with van der Waals surface area (Å²) >= 11 is 0. The third kappa shape index (κ3) is 4.15. The number of amides is 1. The summed E-state index contributed by atoms with van der Waals surface area (Å²) < 4.78 is 0. The Morgan fingerprint density at radius 1 is 1.08 bits per heavy atom. The molecular formula is C21H23N3O. The second-order valence-electron chi connectivity index (χ2n) is 6.57. The van der Waals surface area contributed by atoms with Crippen molar-refractivity contribution in [3.05, 3.63) is 65.9 Å². The van der Waals surface area contributed by atoms with Gasteiger partial charge in [0.25, 0.3) is 0 Å². The third-order valence-electron chi connectivity index (χ3n) is 4.13. The fraction of sp³-hybridized carbons (Fsp3) is 0.238. The molecule has 1 aromatic heterocycles. The maximum absolute atomic E-state index is 11.7. The van der Waals surface area contributed by atoms with Crippen molar-refractivity contribution in [3.63, 3.8) is 0 Å². The summed E-state index contributed by atoms with van der Waals surface area (Å²) in [7, 11) is 0. The normalized spacial score (nSPS) is 10.9. The Hall–Kier alpha value is -2.88. The number of rotatable bonds is 5. The Bertz CT molecular complexity index is 885. The maximum atomic E-state index is 11.7. The van der Waals surface area contributed by atoms with Crippen molar-refractivity contribution >= 4 is 28.2 Å². The summed E-state index contributed by atoms with van der Waals surface area (Å²) in [5.74, 6) is 0.00858. The Morgan fingerprint density at radius 2 is 1.84 bits per heavy atom. The molecule has 3 rings (SSSR count). The number of hydrogen-bond acceptors (Lipinski definition) is 3. The average molecular weight is 333 g/mol. The van der Waals surface area contributed by atoms with E-state index >= 15 is 0 Å². The molecule has 4 heteroatoms. The molecule has 0 saturated carbocycles. The largest absolute Gasteiger partial charge is 0.380 e. The van der Waals surface area contributed by atoms with Crippen LogP contribution in [-0.4, -0.2) is 10.9 Å². The minimum atomic E-state index is -0.0234. The quantitative estimate of drug-likeness (QED) is 0.708. The molecule has 0 spiro atoms. The van der Waals surface area contributed by atoms with Gasteiger partial charge in [-0.2, -0.15) is 0 Å². The summed E-state index contributed by atoms with van der Waals surface area (Å²) in [5.41, 5.74) is 5.26. The van der Waals surface area contributed by atoms with Gasteiger partial charge in [0.1, 0.15) is 0 Å². The lowest BCUT2D eigenvalue weighted by molar-refractivity contribution is -0.118. The molecule has 3 aromatic rings. The van der Waals surface area contributed by atoms with Gasteiger partial charge in [-0.15, -0.1) is 0 Å². The van der Waals surface area contributed by atoms with Crippen molar-refractivity contribution < 1.29 is 4.79 Å². The number of carbonyl (C=O) groups excluding carboxylic acids is 1. The van der Waals surface area contributed by atoms with Crippen LogP contribution in [0.25, 0.3) is 10.9 Å². The number of aryl methyl sites for hydroxylation is 1. The fourth-order valence-corrected chi connectivity index (χ4v) is 2.60. The van der Waals surface area contributed by atoms with E-state index in [0.717, 1.165) is 27.8 Å². The molecule has 0 saturated heterocycles. The highest BCUT2D eigenvalue weighted by atomic mass is 16.1. The van der Waals surface area contributed by atoms with E-state index in [0.29, 0.717) is 6.54 Å². The topological polar surface area (TPSA) is 54.0 Å². The number of benzene rings is 2. The molecule has 128 valence electrons. The van der Waals surface area contributed by atoms with Gasteiger partial charge < -0.3 is 10.6 Å². The van der Waals surface area contributed by atoms with E-state index in [2.05, 4.69) is 34.7 Å². The van der Waals surface area contributed by atoms with Gasteiger partial charge >= 0.3 is 0 Å². The van der Waals surface area contributed by atoms with Crippen molar-refractivity contribution in [2.75, 3.05) is 10.6 Å². The lowest BCUT2D eigenvalue weighted by atomic mass is 10.1. The van der Waals surface area contributed by atoms with Gasteiger partial charge in [0, 0.05) is 35.4 Å². The van der Waals surface area contributed by atoms with Gasteiger partial charge in [0.05, 0.1) is 5.52 Å². The molecule has 2 aromatic carbocycles. The molecule has 1 amide bonds. The molecule has 0 radical (unpaired) electrons. The Balaban J connectivity index is 1.70. The van der Waals surface area contributed by atoms with Crippen LogP contribution in [0.1, 0.15) is 25.0 Å². The van der Waals surface area contributed by atoms with Crippen LogP contribution in [-0.2, 0) is 11.3 Å². The van der Waals surface area contributed by atoms with Crippen LogP contribution in [0, 0.1) is 12.8 Å². The minimum Gasteiger partial charge on any atom is -0.380 e. The van der Waals surface area contributed by atoms with Crippen LogP contribution in [0.4, 0.5) is 11.4 Å². The van der Waals surface area contributed by atoms with Crippen LogP contribution in [0.15, 0.2) is 54.7 Å². The smallest absolute Gasteiger partial charge is 0.226 e. The Labute approximate surface area is 148 Å². The molecule has 0 unspecified atom stereocenters. The molecule has 0 fully saturated rings. The van der Waals surface area contributed by atoms with Crippen LogP contribution < -0.4 is 10.6 Å². The molecule has 0 aliphatic heterocycles. The van der Waals surface area contributed by atoms with Gasteiger partial charge in [-0.1, -0.05) is 37.6 Å². The van der Waals surface area contributed by atoms with Crippen molar-refractivity contribution in [1.82, 2.24) is 4.98 Å². The van der Waals surface area contributed by atoms with E-state index in [-0.39, 0.29) is 11.8 Å². The second-order valence-corrected chi connectivity index (χ2v) is 6.57. The summed E-state index contributed by atoms with van der Waals surface area (Å²) in [4.78, 5) is 16.1. The van der Waals surface area contributed by atoms with E-state index in [4.69, 9.17) is 0 Å². The van der Waals surface area contributed by atoms with E-state index in [1.54, 1.807) is 0 Å². The molecule has 2 N–H and O–H groups in total. The van der Waals surface area contributed by atoms with Crippen LogP contribution in [0.3, 0.4) is 0 Å². The molecule has 4 nitrogen and oxygen atoms in total. The number of aromatic nitrogens is 1. The lowest BCUT2D eigenvalue weighted by Crippen LogP contribution is -2.17. The zero-order valence-corrected chi connectivity index (χ0v) is 14.8. The Kier molecular flexibility index (Phi) is 4.98. The standard InChI is InChI=1S/C21H23N3O/c1-14(2)21(25)24-17-7-5-16(6-8-17)13-23-20-10-11-22-19-9-4-15(3)12-18(19)20/h4-12,14H,13H2,1-3H3,(H,22,23)(H,24,25). The van der Waals surface area contributed by atoms with E-state index < -0.39 is 0 Å². The van der Waals surface area contributed by atoms with Crippen molar-refractivity contribution in [2.45, 2.75) is 27.3 Å². The summed E-state index contributed by atoms with van der Waals surface area (Å²) in [6.07, 6.45) is 1.82. The van der Waals surface area contributed by atoms with Crippen LogP contribution in [0.5, 0.6) is 0 Å². The Morgan fingerprint density at radius 3 is 2.56 bits per heavy atom. The summed E-state index contributed by atoms with van der Waals surface area (Å²) in [6.45, 7) is 6.56. The first-order valence-corrected chi connectivity index (χ1v) is 8.52. The fourth-order valence-electron chi connectivity index (χ4n) is 2.60. The number of carbonyl (C=O) groups is 1. The van der Waals surface area contributed by atoms with Gasteiger partial charge in [0.15, 0.2) is 0 Å². The van der Waals surface area contributed by atoms with Gasteiger partial charge in [-0.25, -0.2) is 0 Å². The highest BCUT2D eigenvalue weighted by Crippen LogP contribution is 2.23. The molecular weight excluding hydrogens is 310 g/mol. The molecule has 0 bridgehead atoms. The molecule has 0 atom stereocenters. The van der Waals surface area contributed by atoms with Crippen LogP contribution >= 0.6 is 0 Å². The molecule has 0 aliphatic rings. The molecule has 25 heavy (non-hydrogen) atoms. The maximum Gasteiger partial charge on any atom is 0.226 e. The van der Waals surface area contributed by atoms with E-state index in [1.807, 2.05) is 56.4 Å². The first-order valence-electron chi connectivity index (χ1n) is 8.52. The predicted octanol–water partition coefficient (Wildman–Crippen LogP) is 4.75. The number of hydrogen-bond donors (Lipinski definition) is 2. The number of fused-ring (bicyclic) bond motifs is 1. The number of nitrogens with one attached hydrogen (secondary N) is 2. The highest BCUT2D eigenvalue weighted by Gasteiger charge is 2.07. The summed E-state index contributed by atoms with van der Waals surface area (Å²) in [6, 6.07) is 16.2. The number of anilines is 2. The van der Waals surface area contributed by atoms with Gasteiger partial charge in [0.2, 0.25) is 5.91 Å². The first kappa shape index (κ1) is 17.0. The van der Waals surface area contributed by atoms with Gasteiger partial charge in [-0.05, 0) is 42.8 Å². The average Bonchev–Trinajstić information content (AvgIpc) is 2.61. The van der Waals surface area contributed by atoms with Crippen molar-refractivity contribution in [1.29, 1.82) is 0 Å². The SMILES string of the molecule is Cc1ccc2nccc(NCc3ccc(NC(=O)C(C)C)cc3)c2c1. The highest BCUT2D eigenvalue weighted by molar-refractivity contribution is 5.92. The number of pyridine rings is 1. The monoisotopic (exact) mass is 333 g/mol.